The van der Waals surface area contributed by atoms with E-state index in [9.17, 15) is 0 Å². The van der Waals surface area contributed by atoms with Crippen molar-refractivity contribution in [1.29, 1.82) is 0 Å². The highest BCUT2D eigenvalue weighted by Gasteiger charge is 2.28. The second-order valence-electron chi connectivity index (χ2n) is 6.00. The van der Waals surface area contributed by atoms with Crippen LogP contribution >= 0.6 is 0 Å². The first-order valence-electron chi connectivity index (χ1n) is 6.47. The Bertz CT molecular complexity index is 581. The lowest BCUT2D eigenvalue weighted by atomic mass is 9.76. The van der Waals surface area contributed by atoms with Crippen LogP contribution in [0, 0.1) is 5.41 Å². The molecule has 0 saturated carbocycles. The van der Waals surface area contributed by atoms with Crippen LogP contribution in [0.5, 0.6) is 0 Å². The molecule has 1 aromatic heterocycles. The average molecular weight is 241 g/mol. The highest BCUT2D eigenvalue weighted by atomic mass is 15.1. The van der Waals surface area contributed by atoms with Gasteiger partial charge in [0.2, 0.25) is 0 Å². The molecule has 1 aliphatic rings. The Morgan fingerprint density at radius 1 is 1.33 bits per heavy atom. The molecule has 3 N–H and O–H groups in total. The number of nitrogen functional groups attached to an aromatic ring is 1. The van der Waals surface area contributed by atoms with E-state index in [1.165, 1.54) is 17.7 Å². The minimum absolute atomic E-state index is 0.381. The molecule has 0 saturated heterocycles. The number of nitrogens with one attached hydrogen (secondary N) is 1. The van der Waals surface area contributed by atoms with Gasteiger partial charge in [0.1, 0.15) is 0 Å². The molecule has 0 fully saturated rings. The minimum atomic E-state index is 0.381. The predicted octanol–water partition coefficient (Wildman–Crippen LogP) is 3.17. The molecule has 1 aromatic carbocycles. The van der Waals surface area contributed by atoms with Gasteiger partial charge in [-0.1, -0.05) is 26.0 Å². The summed E-state index contributed by atoms with van der Waals surface area (Å²) in [4.78, 5) is 0. The van der Waals surface area contributed by atoms with Crippen LogP contribution in [0.15, 0.2) is 24.3 Å². The van der Waals surface area contributed by atoms with E-state index < -0.39 is 0 Å². The van der Waals surface area contributed by atoms with Gasteiger partial charge in [0.15, 0.2) is 0 Å². The predicted molar refractivity (Wildman–Crippen MR) is 74.2 cm³/mol. The molecule has 18 heavy (non-hydrogen) atoms. The molecule has 3 rings (SSSR count). The van der Waals surface area contributed by atoms with Gasteiger partial charge in [-0.3, -0.25) is 5.10 Å². The van der Waals surface area contributed by atoms with Crippen LogP contribution in [0.3, 0.4) is 0 Å². The van der Waals surface area contributed by atoms with Gasteiger partial charge in [0.25, 0.3) is 0 Å². The number of nitrogens with zero attached hydrogens (tertiary/aromatic N) is 1. The monoisotopic (exact) mass is 241 g/mol. The molecule has 0 atom stereocenters. The Labute approximate surface area is 107 Å². The number of benzene rings is 1. The summed E-state index contributed by atoms with van der Waals surface area (Å²) in [6.07, 6.45) is 3.40. The molecule has 1 aliphatic carbocycles. The zero-order valence-corrected chi connectivity index (χ0v) is 11.0. The van der Waals surface area contributed by atoms with Gasteiger partial charge in [-0.15, -0.1) is 0 Å². The van der Waals surface area contributed by atoms with E-state index in [0.717, 1.165) is 29.8 Å². The fraction of sp³-hybridized carbons (Fsp3) is 0.400. The smallest absolute Gasteiger partial charge is 0.0956 e. The van der Waals surface area contributed by atoms with Crippen LogP contribution in [0.1, 0.15) is 31.5 Å². The Morgan fingerprint density at radius 2 is 2.17 bits per heavy atom. The van der Waals surface area contributed by atoms with E-state index >= 15 is 0 Å². The zero-order valence-electron chi connectivity index (χ0n) is 11.0. The van der Waals surface area contributed by atoms with Gasteiger partial charge < -0.3 is 5.73 Å². The summed E-state index contributed by atoms with van der Waals surface area (Å²) in [5, 5.41) is 7.70. The van der Waals surface area contributed by atoms with Crippen LogP contribution in [-0.2, 0) is 12.8 Å². The van der Waals surface area contributed by atoms with Gasteiger partial charge in [0, 0.05) is 22.5 Å². The summed E-state index contributed by atoms with van der Waals surface area (Å²) in [5.74, 6) is 0. The van der Waals surface area contributed by atoms with Crippen molar-refractivity contribution < 1.29 is 0 Å². The van der Waals surface area contributed by atoms with Crippen LogP contribution in [0.4, 0.5) is 5.69 Å². The minimum Gasteiger partial charge on any atom is -0.399 e. The van der Waals surface area contributed by atoms with Crippen molar-refractivity contribution >= 4 is 5.69 Å². The molecule has 0 amide bonds. The molecule has 3 heteroatoms. The molecule has 0 bridgehead atoms. The number of hydrogen-bond acceptors (Lipinski definition) is 2. The maximum absolute atomic E-state index is 5.85. The lowest BCUT2D eigenvalue weighted by molar-refractivity contribution is 0.312. The Kier molecular flexibility index (Phi) is 2.44. The summed E-state index contributed by atoms with van der Waals surface area (Å²) in [7, 11) is 0. The molecule has 1 heterocycles. The van der Waals surface area contributed by atoms with Gasteiger partial charge in [-0.25, -0.2) is 0 Å². The normalized spacial score (nSPS) is 17.4. The van der Waals surface area contributed by atoms with E-state index in [1.54, 1.807) is 0 Å². The van der Waals surface area contributed by atoms with E-state index in [1.807, 2.05) is 18.2 Å². The summed E-state index contributed by atoms with van der Waals surface area (Å²) in [5.41, 5.74) is 11.9. The third-order valence-electron chi connectivity index (χ3n) is 3.82. The summed E-state index contributed by atoms with van der Waals surface area (Å²) >= 11 is 0. The van der Waals surface area contributed by atoms with Crippen molar-refractivity contribution in [1.82, 2.24) is 10.2 Å². The van der Waals surface area contributed by atoms with Crippen LogP contribution in [0.2, 0.25) is 0 Å². The van der Waals surface area contributed by atoms with Gasteiger partial charge in [-0.05, 0) is 36.8 Å². The maximum Gasteiger partial charge on any atom is 0.0956 e. The third-order valence-corrected chi connectivity index (χ3v) is 3.82. The summed E-state index contributed by atoms with van der Waals surface area (Å²) in [6.45, 7) is 4.63. The summed E-state index contributed by atoms with van der Waals surface area (Å²) in [6, 6.07) is 7.97. The Morgan fingerprint density at radius 3 is 2.94 bits per heavy atom. The standard InChI is InChI=1S/C15H19N3/c1-15(2)7-6-12-13(9-15)17-18-14(12)10-4-3-5-11(16)8-10/h3-5,8H,6-7,9,16H2,1-2H3,(H,17,18). The Balaban J connectivity index is 2.04. The largest absolute Gasteiger partial charge is 0.399 e. The van der Waals surface area contributed by atoms with Crippen molar-refractivity contribution in [3.05, 3.63) is 35.5 Å². The van der Waals surface area contributed by atoms with E-state index in [2.05, 4.69) is 30.1 Å². The lowest BCUT2D eigenvalue weighted by Gasteiger charge is -2.29. The molecule has 3 nitrogen and oxygen atoms in total. The van der Waals surface area contributed by atoms with E-state index in [4.69, 9.17) is 5.73 Å². The lowest BCUT2D eigenvalue weighted by Crippen LogP contribution is -2.21. The second-order valence-corrected chi connectivity index (χ2v) is 6.00. The molecule has 0 spiro atoms. The van der Waals surface area contributed by atoms with Gasteiger partial charge >= 0.3 is 0 Å². The number of H-pyrrole nitrogens is 1. The molecular formula is C15H19N3. The number of hydrogen-bond donors (Lipinski definition) is 2. The highest BCUT2D eigenvalue weighted by Crippen LogP contribution is 2.37. The fourth-order valence-electron chi connectivity index (χ4n) is 2.77. The van der Waals surface area contributed by atoms with Crippen LogP contribution in [0.25, 0.3) is 11.3 Å². The topological polar surface area (TPSA) is 54.7 Å². The van der Waals surface area contributed by atoms with Crippen LogP contribution in [-0.4, -0.2) is 10.2 Å². The SMILES string of the molecule is CC1(C)CCc2c(-c3cccc(N)c3)n[nH]c2C1. The third kappa shape index (κ3) is 1.90. The maximum atomic E-state index is 5.85. The van der Waals surface area contributed by atoms with Crippen molar-refractivity contribution in [3.63, 3.8) is 0 Å². The Hall–Kier alpha value is -1.77. The first kappa shape index (κ1) is 11.3. The van der Waals surface area contributed by atoms with Crippen LogP contribution < -0.4 is 5.73 Å². The first-order valence-corrected chi connectivity index (χ1v) is 6.47. The molecular weight excluding hydrogens is 222 g/mol. The number of fused-ring (bicyclic) bond motifs is 1. The van der Waals surface area contributed by atoms with E-state index in [0.29, 0.717) is 5.41 Å². The highest BCUT2D eigenvalue weighted by molar-refractivity contribution is 5.68. The fourth-order valence-corrected chi connectivity index (χ4v) is 2.77. The quantitative estimate of drug-likeness (QED) is 0.753. The van der Waals surface area contributed by atoms with Gasteiger partial charge in [-0.2, -0.15) is 5.10 Å². The first-order chi connectivity index (χ1) is 8.55. The molecule has 0 unspecified atom stereocenters. The molecule has 0 aliphatic heterocycles. The summed E-state index contributed by atoms with van der Waals surface area (Å²) < 4.78 is 0. The number of anilines is 1. The number of aromatic amines is 1. The molecule has 2 aromatic rings. The average Bonchev–Trinajstić information content (AvgIpc) is 2.70. The van der Waals surface area contributed by atoms with Gasteiger partial charge in [0.05, 0.1) is 5.69 Å². The van der Waals surface area contributed by atoms with Crippen molar-refractivity contribution in [2.24, 2.45) is 5.41 Å². The van der Waals surface area contributed by atoms with Crippen molar-refractivity contribution in [2.45, 2.75) is 33.1 Å². The zero-order chi connectivity index (χ0) is 12.8. The second kappa shape index (κ2) is 3.87. The van der Waals surface area contributed by atoms with E-state index in [-0.39, 0.29) is 0 Å². The van der Waals surface area contributed by atoms with Crippen molar-refractivity contribution in [2.75, 3.05) is 5.73 Å². The molecule has 94 valence electrons. The number of nitrogens with two attached hydrogens (primary N) is 1. The number of aromatic nitrogens is 2. The molecule has 0 radical (unpaired) electrons. The number of rotatable bonds is 1. The van der Waals surface area contributed by atoms with Crippen molar-refractivity contribution in [3.8, 4) is 11.3 Å².